The SMILES string of the molecule is CC(C)OC(=O)OCOc1c2n(ccc1=O)N1[C@@H](c3ccccc3)c3cc(F)c(F)cc3CCC[C@@H]1N(C)C2=O. The van der Waals surface area contributed by atoms with Gasteiger partial charge in [0, 0.05) is 19.3 Å². The Morgan fingerprint density at radius 2 is 1.80 bits per heavy atom. The second-order valence-corrected chi connectivity index (χ2v) is 9.97. The van der Waals surface area contributed by atoms with Crippen molar-refractivity contribution in [2.75, 3.05) is 18.8 Å². The van der Waals surface area contributed by atoms with Crippen molar-refractivity contribution in [1.82, 2.24) is 9.58 Å². The van der Waals surface area contributed by atoms with Crippen LogP contribution in [0.15, 0.2) is 59.5 Å². The average Bonchev–Trinajstić information content (AvgIpc) is 2.91. The fourth-order valence-corrected chi connectivity index (χ4v) is 5.30. The third-order valence-corrected chi connectivity index (χ3v) is 7.04. The Morgan fingerprint density at radius 1 is 1.07 bits per heavy atom. The molecule has 3 heterocycles. The number of carbonyl (C=O) groups is 2. The number of nitrogens with zero attached hydrogens (tertiary/aromatic N) is 3. The van der Waals surface area contributed by atoms with Gasteiger partial charge < -0.3 is 19.1 Å². The Kier molecular flexibility index (Phi) is 7.46. The highest BCUT2D eigenvalue weighted by atomic mass is 19.2. The maximum atomic E-state index is 14.7. The van der Waals surface area contributed by atoms with Crippen molar-refractivity contribution in [3.63, 3.8) is 0 Å². The van der Waals surface area contributed by atoms with Gasteiger partial charge >= 0.3 is 6.16 Å². The third kappa shape index (κ3) is 4.99. The van der Waals surface area contributed by atoms with E-state index in [9.17, 15) is 23.2 Å². The van der Waals surface area contributed by atoms with E-state index in [1.54, 1.807) is 20.9 Å². The fraction of sp³-hybridized carbons (Fsp3) is 0.345. The summed E-state index contributed by atoms with van der Waals surface area (Å²) in [6.07, 6.45) is 1.20. The number of halogens is 2. The number of aromatic nitrogens is 1. The van der Waals surface area contributed by atoms with Gasteiger partial charge in [0.2, 0.25) is 18.0 Å². The number of ether oxygens (including phenoxy) is 3. The molecule has 11 heteroatoms. The molecule has 0 radical (unpaired) electrons. The smallest absolute Gasteiger partial charge is 0.451 e. The van der Waals surface area contributed by atoms with E-state index in [1.807, 2.05) is 35.3 Å². The molecule has 210 valence electrons. The topological polar surface area (TPSA) is 90.3 Å². The quantitative estimate of drug-likeness (QED) is 0.340. The molecule has 0 saturated carbocycles. The van der Waals surface area contributed by atoms with Gasteiger partial charge in [0.1, 0.15) is 6.17 Å². The summed E-state index contributed by atoms with van der Waals surface area (Å²) in [5.74, 6) is -2.69. The number of aryl methyl sites for hydroxylation is 1. The number of fused-ring (bicyclic) bond motifs is 4. The van der Waals surface area contributed by atoms with E-state index < -0.39 is 54.2 Å². The summed E-state index contributed by atoms with van der Waals surface area (Å²) in [7, 11) is 1.62. The molecule has 0 unspecified atom stereocenters. The van der Waals surface area contributed by atoms with Crippen molar-refractivity contribution < 1.29 is 32.6 Å². The van der Waals surface area contributed by atoms with Crippen LogP contribution < -0.4 is 15.2 Å². The van der Waals surface area contributed by atoms with Gasteiger partial charge in [0.05, 0.1) is 12.1 Å². The molecule has 1 amide bonds. The van der Waals surface area contributed by atoms with Crippen molar-refractivity contribution in [2.45, 2.75) is 51.4 Å². The summed E-state index contributed by atoms with van der Waals surface area (Å²) in [6, 6.07) is 12.3. The molecule has 2 atom stereocenters. The maximum Gasteiger partial charge on any atom is 0.511 e. The number of benzene rings is 2. The minimum Gasteiger partial charge on any atom is -0.451 e. The largest absolute Gasteiger partial charge is 0.511 e. The van der Waals surface area contributed by atoms with Gasteiger partial charge in [-0.1, -0.05) is 30.3 Å². The highest BCUT2D eigenvalue weighted by Crippen LogP contribution is 2.39. The molecule has 2 aliphatic heterocycles. The van der Waals surface area contributed by atoms with E-state index in [0.29, 0.717) is 30.4 Å². The number of hydrogen-bond acceptors (Lipinski definition) is 7. The minimum absolute atomic E-state index is 0.0854. The summed E-state index contributed by atoms with van der Waals surface area (Å²) in [6.45, 7) is 2.64. The molecule has 0 fully saturated rings. The minimum atomic E-state index is -0.984. The van der Waals surface area contributed by atoms with Crippen LogP contribution in [0.1, 0.15) is 59.9 Å². The molecule has 0 aliphatic carbocycles. The van der Waals surface area contributed by atoms with Gasteiger partial charge in [-0.2, -0.15) is 0 Å². The molecule has 9 nitrogen and oxygen atoms in total. The first-order valence-electron chi connectivity index (χ1n) is 13.0. The molecular formula is C29H29F2N3O6. The second kappa shape index (κ2) is 11.0. The predicted molar refractivity (Wildman–Crippen MR) is 141 cm³/mol. The lowest BCUT2D eigenvalue weighted by molar-refractivity contribution is -0.00924. The molecule has 0 bridgehead atoms. The van der Waals surface area contributed by atoms with Crippen LogP contribution >= 0.6 is 0 Å². The number of carbonyl (C=O) groups excluding carboxylic acids is 2. The van der Waals surface area contributed by atoms with Crippen LogP contribution in [0.2, 0.25) is 0 Å². The van der Waals surface area contributed by atoms with Crippen LogP contribution in [0.3, 0.4) is 0 Å². The number of amides is 1. The van der Waals surface area contributed by atoms with Gasteiger partial charge in [0.25, 0.3) is 5.91 Å². The highest BCUT2D eigenvalue weighted by Gasteiger charge is 2.43. The Labute approximate surface area is 229 Å². The lowest BCUT2D eigenvalue weighted by atomic mass is 9.88. The van der Waals surface area contributed by atoms with Crippen LogP contribution in [-0.4, -0.2) is 47.7 Å². The van der Waals surface area contributed by atoms with Crippen LogP contribution in [0, 0.1) is 11.6 Å². The normalized spacial score (nSPS) is 18.3. The Bertz CT molecular complexity index is 1490. The summed E-state index contributed by atoms with van der Waals surface area (Å²) < 4.78 is 46.0. The van der Waals surface area contributed by atoms with Gasteiger partial charge in [-0.3, -0.25) is 19.3 Å². The molecule has 3 aromatic rings. The van der Waals surface area contributed by atoms with E-state index in [1.165, 1.54) is 34.0 Å². The monoisotopic (exact) mass is 553 g/mol. The molecule has 40 heavy (non-hydrogen) atoms. The maximum absolute atomic E-state index is 14.7. The van der Waals surface area contributed by atoms with Gasteiger partial charge in [0.15, 0.2) is 17.3 Å². The van der Waals surface area contributed by atoms with Crippen molar-refractivity contribution >= 4 is 12.1 Å². The summed E-state index contributed by atoms with van der Waals surface area (Å²) >= 11 is 0. The summed E-state index contributed by atoms with van der Waals surface area (Å²) in [5.41, 5.74) is 1.30. The standard InChI is InChI=1S/C29H29F2N3O6/c1-17(2)40-29(37)39-16-38-27-23(35)12-13-33-26(27)28(36)32(3)24-11-7-10-19-14-21(30)22(31)15-20(19)25(34(24)33)18-8-5-4-6-9-18/h4-6,8-9,12-15,17,24-25H,7,10-11,16H2,1-3H3/t24-,25+/m1/s1. The Balaban J connectivity index is 1.66. The molecular weight excluding hydrogens is 524 g/mol. The molecule has 0 saturated heterocycles. The van der Waals surface area contributed by atoms with E-state index in [-0.39, 0.29) is 11.4 Å². The second-order valence-electron chi connectivity index (χ2n) is 9.97. The van der Waals surface area contributed by atoms with E-state index in [0.717, 1.165) is 5.56 Å². The van der Waals surface area contributed by atoms with Crippen molar-refractivity contribution in [1.29, 1.82) is 0 Å². The molecule has 0 N–H and O–H groups in total. The Hall–Kier alpha value is -4.41. The molecule has 2 aromatic carbocycles. The number of hydrogen-bond donors (Lipinski definition) is 0. The van der Waals surface area contributed by atoms with Gasteiger partial charge in [-0.15, -0.1) is 0 Å². The first-order valence-corrected chi connectivity index (χ1v) is 13.0. The average molecular weight is 554 g/mol. The van der Waals surface area contributed by atoms with E-state index in [2.05, 4.69) is 0 Å². The lowest BCUT2D eigenvalue weighted by Crippen LogP contribution is -2.61. The van der Waals surface area contributed by atoms with Crippen molar-refractivity contribution in [3.05, 3.63) is 99.0 Å². The fourth-order valence-electron chi connectivity index (χ4n) is 5.30. The zero-order valence-electron chi connectivity index (χ0n) is 22.3. The van der Waals surface area contributed by atoms with Crippen LogP contribution in [0.4, 0.5) is 13.6 Å². The highest BCUT2D eigenvalue weighted by molar-refractivity contribution is 5.96. The van der Waals surface area contributed by atoms with Crippen LogP contribution in [0.25, 0.3) is 0 Å². The van der Waals surface area contributed by atoms with Gasteiger partial charge in [-0.25, -0.2) is 13.6 Å². The molecule has 0 spiro atoms. The first kappa shape index (κ1) is 27.2. The van der Waals surface area contributed by atoms with Crippen LogP contribution in [-0.2, 0) is 15.9 Å². The van der Waals surface area contributed by atoms with E-state index >= 15 is 0 Å². The Morgan fingerprint density at radius 3 is 2.52 bits per heavy atom. The van der Waals surface area contributed by atoms with Crippen molar-refractivity contribution in [2.24, 2.45) is 0 Å². The lowest BCUT2D eigenvalue weighted by Gasteiger charge is -2.50. The number of pyridine rings is 1. The van der Waals surface area contributed by atoms with Crippen molar-refractivity contribution in [3.8, 4) is 5.75 Å². The van der Waals surface area contributed by atoms with Crippen LogP contribution in [0.5, 0.6) is 5.75 Å². The molecule has 2 aliphatic rings. The summed E-state index contributed by atoms with van der Waals surface area (Å²) in [5, 5.41) is 1.88. The zero-order valence-corrected chi connectivity index (χ0v) is 22.3. The summed E-state index contributed by atoms with van der Waals surface area (Å²) in [4.78, 5) is 39.9. The number of rotatable bonds is 5. The van der Waals surface area contributed by atoms with Gasteiger partial charge in [-0.05, 0) is 61.9 Å². The third-order valence-electron chi connectivity index (χ3n) is 7.04. The molecule has 1 aromatic heterocycles. The van der Waals surface area contributed by atoms with E-state index in [4.69, 9.17) is 14.2 Å². The predicted octanol–water partition coefficient (Wildman–Crippen LogP) is 4.50. The first-order chi connectivity index (χ1) is 19.2. The zero-order chi connectivity index (χ0) is 28.6. The molecule has 5 rings (SSSR count).